The minimum absolute atomic E-state index is 0.435. The van der Waals surface area contributed by atoms with Crippen LogP contribution >= 0.6 is 15.9 Å². The molecule has 1 aromatic rings. The van der Waals surface area contributed by atoms with Crippen LogP contribution in [-0.4, -0.2) is 31.6 Å². The van der Waals surface area contributed by atoms with Crippen LogP contribution < -0.4 is 5.32 Å². The molecule has 2 atom stereocenters. The highest BCUT2D eigenvalue weighted by molar-refractivity contribution is 9.10. The zero-order chi connectivity index (χ0) is 13.0. The molecule has 0 aliphatic carbocycles. The smallest absolute Gasteiger partial charge is 0.0291 e. The van der Waals surface area contributed by atoms with E-state index in [1.165, 1.54) is 31.5 Å². The molecule has 1 saturated heterocycles. The second kappa shape index (κ2) is 6.69. The van der Waals surface area contributed by atoms with Gasteiger partial charge in [0.15, 0.2) is 0 Å². The molecule has 0 spiro atoms. The van der Waals surface area contributed by atoms with Gasteiger partial charge in [-0.25, -0.2) is 0 Å². The quantitative estimate of drug-likeness (QED) is 0.916. The van der Waals surface area contributed by atoms with Crippen molar-refractivity contribution in [3.05, 3.63) is 34.3 Å². The van der Waals surface area contributed by atoms with Gasteiger partial charge in [-0.3, -0.25) is 0 Å². The monoisotopic (exact) mass is 310 g/mol. The van der Waals surface area contributed by atoms with E-state index in [1.807, 2.05) is 0 Å². The number of nitrogens with one attached hydrogen (secondary N) is 1. The molecule has 0 saturated carbocycles. The van der Waals surface area contributed by atoms with Gasteiger partial charge in [0, 0.05) is 17.1 Å². The van der Waals surface area contributed by atoms with Crippen LogP contribution in [0.2, 0.25) is 0 Å². The number of nitrogens with zero attached hydrogens (tertiary/aromatic N) is 1. The molecule has 0 aromatic heterocycles. The van der Waals surface area contributed by atoms with Crippen LogP contribution in [-0.2, 0) is 0 Å². The number of benzene rings is 1. The number of hydrogen-bond acceptors (Lipinski definition) is 2. The summed E-state index contributed by atoms with van der Waals surface area (Å²) in [6.45, 7) is 5.87. The van der Waals surface area contributed by atoms with Crippen molar-refractivity contribution in [2.45, 2.75) is 25.8 Å². The van der Waals surface area contributed by atoms with Gasteiger partial charge in [-0.1, -0.05) is 28.1 Å². The van der Waals surface area contributed by atoms with Gasteiger partial charge in [-0.15, -0.1) is 0 Å². The van der Waals surface area contributed by atoms with Gasteiger partial charge in [0.2, 0.25) is 0 Å². The highest BCUT2D eigenvalue weighted by Crippen LogP contribution is 2.18. The van der Waals surface area contributed by atoms with Gasteiger partial charge in [-0.2, -0.15) is 0 Å². The van der Waals surface area contributed by atoms with Crippen molar-refractivity contribution in [3.63, 3.8) is 0 Å². The number of likely N-dealkylation sites (tertiary alicyclic amines) is 1. The Morgan fingerprint density at radius 2 is 2.11 bits per heavy atom. The Labute approximate surface area is 119 Å². The summed E-state index contributed by atoms with van der Waals surface area (Å²) in [5, 5.41) is 3.67. The molecule has 0 bridgehead atoms. The molecule has 2 rings (SSSR count). The second-order valence-electron chi connectivity index (χ2n) is 5.45. The number of piperidine rings is 1. The van der Waals surface area contributed by atoms with Crippen LogP contribution in [0.4, 0.5) is 0 Å². The fourth-order valence-corrected chi connectivity index (χ4v) is 2.92. The van der Waals surface area contributed by atoms with Crippen molar-refractivity contribution in [1.29, 1.82) is 0 Å². The molecule has 1 heterocycles. The summed E-state index contributed by atoms with van der Waals surface area (Å²) in [4.78, 5) is 2.44. The van der Waals surface area contributed by atoms with Crippen LogP contribution in [0.15, 0.2) is 28.7 Å². The Balaban J connectivity index is 1.80. The highest BCUT2D eigenvalue weighted by atomic mass is 79.9. The number of rotatable bonds is 4. The Morgan fingerprint density at radius 1 is 1.39 bits per heavy atom. The van der Waals surface area contributed by atoms with Crippen molar-refractivity contribution >= 4 is 15.9 Å². The van der Waals surface area contributed by atoms with E-state index < -0.39 is 0 Å². The maximum Gasteiger partial charge on any atom is 0.0291 e. The predicted octanol–water partition coefficient (Wildman–Crippen LogP) is 3.44. The predicted molar refractivity (Wildman–Crippen MR) is 80.8 cm³/mol. The molecule has 0 amide bonds. The van der Waals surface area contributed by atoms with Gasteiger partial charge in [0.25, 0.3) is 0 Å². The lowest BCUT2D eigenvalue weighted by Gasteiger charge is -2.30. The van der Waals surface area contributed by atoms with E-state index in [9.17, 15) is 0 Å². The lowest BCUT2D eigenvalue weighted by molar-refractivity contribution is 0.203. The summed E-state index contributed by atoms with van der Waals surface area (Å²) in [5.74, 6) is 0.807. The third-order valence-corrected chi connectivity index (χ3v) is 4.33. The lowest BCUT2D eigenvalue weighted by atomic mass is 9.98. The Hall–Kier alpha value is -0.380. The standard InChI is InChI=1S/C15H23BrN2/c1-12(14-5-7-15(16)8-6-14)17-10-13-4-3-9-18(2)11-13/h5-8,12-13,17H,3-4,9-11H2,1-2H3/t12-,13?/m0/s1. The first-order valence-electron chi connectivity index (χ1n) is 6.82. The minimum atomic E-state index is 0.435. The first kappa shape index (κ1) is 14.0. The molecule has 18 heavy (non-hydrogen) atoms. The molecule has 2 nitrogen and oxygen atoms in total. The van der Waals surface area contributed by atoms with E-state index >= 15 is 0 Å². The zero-order valence-corrected chi connectivity index (χ0v) is 12.9. The van der Waals surface area contributed by atoms with Gasteiger partial charge in [0.05, 0.1) is 0 Å². The molecule has 3 heteroatoms. The van der Waals surface area contributed by atoms with Crippen LogP contribution in [0.1, 0.15) is 31.4 Å². The van der Waals surface area contributed by atoms with Crippen LogP contribution in [0.5, 0.6) is 0 Å². The molecule has 1 unspecified atom stereocenters. The third-order valence-electron chi connectivity index (χ3n) is 3.80. The number of halogens is 1. The third kappa shape index (κ3) is 4.08. The molecule has 0 radical (unpaired) electrons. The fourth-order valence-electron chi connectivity index (χ4n) is 2.65. The van der Waals surface area contributed by atoms with Gasteiger partial charge in [0.1, 0.15) is 0 Å². The van der Waals surface area contributed by atoms with Crippen LogP contribution in [0.3, 0.4) is 0 Å². The normalized spacial score (nSPS) is 22.9. The van der Waals surface area contributed by atoms with E-state index in [0.717, 1.165) is 16.9 Å². The lowest BCUT2D eigenvalue weighted by Crippen LogP contribution is -2.37. The minimum Gasteiger partial charge on any atom is -0.310 e. The average molecular weight is 311 g/mol. The summed E-state index contributed by atoms with van der Waals surface area (Å²) in [7, 11) is 2.23. The SMILES string of the molecule is C[C@H](NCC1CCCN(C)C1)c1ccc(Br)cc1. The van der Waals surface area contributed by atoms with E-state index in [-0.39, 0.29) is 0 Å². The summed E-state index contributed by atoms with van der Waals surface area (Å²) in [6, 6.07) is 9.04. The molecule has 1 fully saturated rings. The first-order chi connectivity index (χ1) is 8.65. The summed E-state index contributed by atoms with van der Waals surface area (Å²) in [5.41, 5.74) is 1.36. The molecule has 1 aliphatic rings. The maximum atomic E-state index is 3.67. The molecule has 1 aromatic carbocycles. The van der Waals surface area contributed by atoms with Gasteiger partial charge >= 0.3 is 0 Å². The summed E-state index contributed by atoms with van der Waals surface area (Å²) >= 11 is 3.48. The Morgan fingerprint density at radius 3 is 2.78 bits per heavy atom. The first-order valence-corrected chi connectivity index (χ1v) is 7.62. The van der Waals surface area contributed by atoms with E-state index in [4.69, 9.17) is 0 Å². The summed E-state index contributed by atoms with van der Waals surface area (Å²) in [6.07, 6.45) is 2.71. The zero-order valence-electron chi connectivity index (χ0n) is 11.3. The molecule has 100 valence electrons. The molecular formula is C15H23BrN2. The van der Waals surface area contributed by atoms with Crippen molar-refractivity contribution in [2.24, 2.45) is 5.92 Å². The Bertz CT molecular complexity index is 363. The highest BCUT2D eigenvalue weighted by Gasteiger charge is 2.17. The van der Waals surface area contributed by atoms with E-state index in [1.54, 1.807) is 0 Å². The maximum absolute atomic E-state index is 3.67. The van der Waals surface area contributed by atoms with E-state index in [0.29, 0.717) is 6.04 Å². The van der Waals surface area contributed by atoms with Crippen molar-refractivity contribution in [2.75, 3.05) is 26.7 Å². The topological polar surface area (TPSA) is 15.3 Å². The van der Waals surface area contributed by atoms with Gasteiger partial charge < -0.3 is 10.2 Å². The second-order valence-corrected chi connectivity index (χ2v) is 6.37. The van der Waals surface area contributed by atoms with Crippen molar-refractivity contribution in [1.82, 2.24) is 10.2 Å². The fraction of sp³-hybridized carbons (Fsp3) is 0.600. The average Bonchev–Trinajstić information content (AvgIpc) is 2.37. The molecule has 1 aliphatic heterocycles. The van der Waals surface area contributed by atoms with Crippen molar-refractivity contribution < 1.29 is 0 Å². The summed E-state index contributed by atoms with van der Waals surface area (Å²) < 4.78 is 1.15. The van der Waals surface area contributed by atoms with E-state index in [2.05, 4.69) is 64.4 Å². The Kier molecular flexibility index (Phi) is 5.22. The molecular weight excluding hydrogens is 288 g/mol. The van der Waals surface area contributed by atoms with Crippen LogP contribution in [0, 0.1) is 5.92 Å². The van der Waals surface area contributed by atoms with Crippen molar-refractivity contribution in [3.8, 4) is 0 Å². The number of hydrogen-bond donors (Lipinski definition) is 1. The van der Waals surface area contributed by atoms with Crippen LogP contribution in [0.25, 0.3) is 0 Å². The van der Waals surface area contributed by atoms with Gasteiger partial charge in [-0.05, 0) is 63.5 Å². The largest absolute Gasteiger partial charge is 0.310 e. The molecule has 1 N–H and O–H groups in total.